The standard InChI is InChI=1S/C10H13BFNO4/c1-10(2,3)6-4-5-7(12)9(13(16)17)8(6)11(14)15/h4-5,14-15H,1-3H3. The van der Waals surface area contributed by atoms with Crippen LogP contribution in [-0.4, -0.2) is 22.1 Å². The Labute approximate surface area is 98.2 Å². The second kappa shape index (κ2) is 4.42. The second-order valence-electron chi connectivity index (χ2n) is 4.74. The average molecular weight is 241 g/mol. The molecular weight excluding hydrogens is 228 g/mol. The third-order valence-electron chi connectivity index (χ3n) is 2.42. The van der Waals surface area contributed by atoms with E-state index in [1.54, 1.807) is 20.8 Å². The second-order valence-corrected chi connectivity index (χ2v) is 4.74. The molecule has 7 heteroatoms. The van der Waals surface area contributed by atoms with Gasteiger partial charge in [-0.15, -0.1) is 0 Å². The lowest BCUT2D eigenvalue weighted by Crippen LogP contribution is -2.39. The summed E-state index contributed by atoms with van der Waals surface area (Å²) in [6.07, 6.45) is 0. The zero-order valence-corrected chi connectivity index (χ0v) is 9.77. The van der Waals surface area contributed by atoms with Crippen LogP contribution in [0.2, 0.25) is 0 Å². The van der Waals surface area contributed by atoms with E-state index in [0.717, 1.165) is 6.07 Å². The van der Waals surface area contributed by atoms with Gasteiger partial charge < -0.3 is 10.0 Å². The Kier molecular flexibility index (Phi) is 3.54. The van der Waals surface area contributed by atoms with E-state index < -0.39 is 29.0 Å². The Bertz CT molecular complexity index is 456. The molecule has 92 valence electrons. The number of halogens is 1. The molecule has 0 radical (unpaired) electrons. The van der Waals surface area contributed by atoms with Crippen LogP contribution in [0.25, 0.3) is 0 Å². The smallest absolute Gasteiger partial charge is 0.423 e. The van der Waals surface area contributed by atoms with Crippen LogP contribution in [0.4, 0.5) is 10.1 Å². The summed E-state index contributed by atoms with van der Waals surface area (Å²) in [4.78, 5) is 9.82. The molecule has 5 nitrogen and oxygen atoms in total. The number of nitro groups is 1. The van der Waals surface area contributed by atoms with Crippen LogP contribution in [0.5, 0.6) is 0 Å². The Morgan fingerprint density at radius 2 is 1.88 bits per heavy atom. The van der Waals surface area contributed by atoms with Crippen LogP contribution < -0.4 is 5.46 Å². The maximum atomic E-state index is 13.4. The van der Waals surface area contributed by atoms with Gasteiger partial charge in [-0.2, -0.15) is 4.39 Å². The van der Waals surface area contributed by atoms with E-state index in [0.29, 0.717) is 5.56 Å². The van der Waals surface area contributed by atoms with Crippen LogP contribution in [0.15, 0.2) is 12.1 Å². The monoisotopic (exact) mass is 241 g/mol. The van der Waals surface area contributed by atoms with Crippen molar-refractivity contribution in [2.24, 2.45) is 0 Å². The van der Waals surface area contributed by atoms with Gasteiger partial charge >= 0.3 is 12.8 Å². The van der Waals surface area contributed by atoms with E-state index in [4.69, 9.17) is 0 Å². The first-order valence-corrected chi connectivity index (χ1v) is 4.99. The Hall–Kier alpha value is -1.47. The van der Waals surface area contributed by atoms with Crippen LogP contribution in [0.1, 0.15) is 26.3 Å². The lowest BCUT2D eigenvalue weighted by Gasteiger charge is -2.22. The molecule has 17 heavy (non-hydrogen) atoms. The third-order valence-corrected chi connectivity index (χ3v) is 2.42. The summed E-state index contributed by atoms with van der Waals surface area (Å²) >= 11 is 0. The van der Waals surface area contributed by atoms with Gasteiger partial charge in [0.15, 0.2) is 5.82 Å². The summed E-state index contributed by atoms with van der Waals surface area (Å²) in [7, 11) is -2.08. The highest BCUT2D eigenvalue weighted by Gasteiger charge is 2.34. The molecule has 0 unspecified atom stereocenters. The minimum atomic E-state index is -2.08. The molecule has 0 fully saturated rings. The van der Waals surface area contributed by atoms with Crippen molar-refractivity contribution >= 4 is 18.3 Å². The molecule has 0 bridgehead atoms. The van der Waals surface area contributed by atoms with Gasteiger partial charge in [-0.25, -0.2) is 0 Å². The maximum absolute atomic E-state index is 13.4. The largest absolute Gasteiger partial charge is 0.495 e. The van der Waals surface area contributed by atoms with E-state index in [9.17, 15) is 24.6 Å². The van der Waals surface area contributed by atoms with Crippen molar-refractivity contribution in [3.05, 3.63) is 33.6 Å². The summed E-state index contributed by atoms with van der Waals surface area (Å²) in [5, 5.41) is 29.2. The van der Waals surface area contributed by atoms with Crippen molar-refractivity contribution in [3.63, 3.8) is 0 Å². The molecule has 0 aliphatic rings. The first-order chi connectivity index (χ1) is 7.66. The van der Waals surface area contributed by atoms with Gasteiger partial charge in [0, 0.05) is 0 Å². The Morgan fingerprint density at radius 1 is 1.35 bits per heavy atom. The van der Waals surface area contributed by atoms with Crippen molar-refractivity contribution < 1.29 is 19.4 Å². The van der Waals surface area contributed by atoms with Gasteiger partial charge in [-0.3, -0.25) is 10.1 Å². The van der Waals surface area contributed by atoms with Crippen molar-refractivity contribution in [3.8, 4) is 0 Å². The van der Waals surface area contributed by atoms with E-state index in [1.807, 2.05) is 0 Å². The molecule has 0 spiro atoms. The van der Waals surface area contributed by atoms with Gasteiger partial charge in [0.2, 0.25) is 0 Å². The Balaban J connectivity index is 3.65. The fourth-order valence-corrected chi connectivity index (χ4v) is 1.68. The maximum Gasteiger partial charge on any atom is 0.495 e. The normalized spacial score (nSPS) is 11.4. The van der Waals surface area contributed by atoms with Crippen LogP contribution in [-0.2, 0) is 5.41 Å². The number of benzene rings is 1. The van der Waals surface area contributed by atoms with Crippen LogP contribution in [0, 0.1) is 15.9 Å². The summed E-state index contributed by atoms with van der Waals surface area (Å²) in [6, 6.07) is 2.29. The highest BCUT2D eigenvalue weighted by molar-refractivity contribution is 6.61. The quantitative estimate of drug-likeness (QED) is 0.453. The molecule has 0 heterocycles. The van der Waals surface area contributed by atoms with Gasteiger partial charge in [0.25, 0.3) is 0 Å². The first-order valence-electron chi connectivity index (χ1n) is 4.99. The predicted octanol–water partition coefficient (Wildman–Crippen LogP) is 0.711. The zero-order chi connectivity index (χ0) is 13.4. The van der Waals surface area contributed by atoms with E-state index in [1.165, 1.54) is 6.07 Å². The molecule has 0 aliphatic heterocycles. The number of hydrogen-bond donors (Lipinski definition) is 2. The fraction of sp³-hybridized carbons (Fsp3) is 0.400. The highest BCUT2D eigenvalue weighted by atomic mass is 19.1. The lowest BCUT2D eigenvalue weighted by molar-refractivity contribution is -0.386. The molecule has 1 rings (SSSR count). The Morgan fingerprint density at radius 3 is 2.24 bits per heavy atom. The predicted molar refractivity (Wildman–Crippen MR) is 61.6 cm³/mol. The molecule has 1 aromatic carbocycles. The van der Waals surface area contributed by atoms with Crippen molar-refractivity contribution in [1.29, 1.82) is 0 Å². The topological polar surface area (TPSA) is 83.6 Å². The van der Waals surface area contributed by atoms with Gasteiger partial charge in [-0.1, -0.05) is 26.8 Å². The van der Waals surface area contributed by atoms with Crippen LogP contribution >= 0.6 is 0 Å². The minimum Gasteiger partial charge on any atom is -0.423 e. The first kappa shape index (κ1) is 13.6. The molecule has 2 N–H and O–H groups in total. The number of rotatable bonds is 2. The zero-order valence-electron chi connectivity index (χ0n) is 9.77. The molecule has 0 aromatic heterocycles. The third kappa shape index (κ3) is 2.62. The van der Waals surface area contributed by atoms with Crippen molar-refractivity contribution in [2.45, 2.75) is 26.2 Å². The SMILES string of the molecule is CC(C)(C)c1ccc(F)c([N+](=O)[O-])c1B(O)O. The van der Waals surface area contributed by atoms with Gasteiger partial charge in [0.05, 0.1) is 10.4 Å². The van der Waals surface area contributed by atoms with E-state index in [2.05, 4.69) is 0 Å². The molecular formula is C10H13BFNO4. The van der Waals surface area contributed by atoms with Gasteiger partial charge in [-0.05, 0) is 17.0 Å². The van der Waals surface area contributed by atoms with Crippen LogP contribution in [0.3, 0.4) is 0 Å². The fourth-order valence-electron chi connectivity index (χ4n) is 1.68. The van der Waals surface area contributed by atoms with E-state index >= 15 is 0 Å². The van der Waals surface area contributed by atoms with Crippen molar-refractivity contribution in [1.82, 2.24) is 0 Å². The molecule has 0 aliphatic carbocycles. The lowest BCUT2D eigenvalue weighted by atomic mass is 9.69. The minimum absolute atomic E-state index is 0.334. The average Bonchev–Trinajstić information content (AvgIpc) is 2.14. The van der Waals surface area contributed by atoms with Crippen molar-refractivity contribution in [2.75, 3.05) is 0 Å². The summed E-state index contributed by atoms with van der Waals surface area (Å²) in [5.41, 5.74) is -1.49. The molecule has 0 amide bonds. The molecule has 1 aromatic rings. The number of nitrogens with zero attached hydrogens (tertiary/aromatic N) is 1. The summed E-state index contributed by atoms with van der Waals surface area (Å²) in [6.45, 7) is 5.24. The highest BCUT2D eigenvalue weighted by Crippen LogP contribution is 2.26. The van der Waals surface area contributed by atoms with E-state index in [-0.39, 0.29) is 5.46 Å². The summed E-state index contributed by atoms with van der Waals surface area (Å²) < 4.78 is 13.4. The summed E-state index contributed by atoms with van der Waals surface area (Å²) in [5.74, 6) is -1.08. The number of nitro benzene ring substituents is 1. The number of hydrogen-bond acceptors (Lipinski definition) is 4. The molecule has 0 saturated heterocycles. The molecule has 0 saturated carbocycles. The molecule has 0 atom stereocenters. The van der Waals surface area contributed by atoms with Gasteiger partial charge in [0.1, 0.15) is 0 Å².